The minimum absolute atomic E-state index is 1.04. The van der Waals surface area contributed by atoms with Crippen LogP contribution in [0.2, 0.25) is 12.1 Å². The van der Waals surface area contributed by atoms with Crippen molar-refractivity contribution in [1.29, 1.82) is 0 Å². The molecule has 0 aliphatic rings. The summed E-state index contributed by atoms with van der Waals surface area (Å²) in [6, 6.07) is 2.09. The molecule has 0 amide bonds. The highest BCUT2D eigenvalue weighted by atomic mass is 35.7. The van der Waals surface area contributed by atoms with Gasteiger partial charge in [-0.3, -0.25) is 0 Å². The zero-order valence-corrected chi connectivity index (χ0v) is 13.4. The fourth-order valence-corrected chi connectivity index (χ4v) is 5.21. The van der Waals surface area contributed by atoms with E-state index in [1.54, 1.807) is 0 Å². The van der Waals surface area contributed by atoms with Gasteiger partial charge in [0.1, 0.15) is 0 Å². The Labute approximate surface area is 118 Å². The Bertz CT molecular complexity index is 202. The first kappa shape index (κ1) is 17.3. The van der Waals surface area contributed by atoms with Crippen molar-refractivity contribution in [2.45, 2.75) is 63.5 Å². The van der Waals surface area contributed by atoms with Gasteiger partial charge in [-0.1, -0.05) is 44.3 Å². The highest BCUT2D eigenvalue weighted by molar-refractivity contribution is 7.45. The average Bonchev–Trinajstić information content (AvgIpc) is 2.29. The lowest BCUT2D eigenvalue weighted by Crippen LogP contribution is -2.18. The van der Waals surface area contributed by atoms with Crippen LogP contribution in [0.5, 0.6) is 0 Å². The van der Waals surface area contributed by atoms with E-state index >= 15 is 0 Å². The normalized spacial score (nSPS) is 11.4. The van der Waals surface area contributed by atoms with E-state index in [1.165, 1.54) is 32.1 Å². The summed E-state index contributed by atoms with van der Waals surface area (Å²) in [5, 5.41) is 0. The summed E-state index contributed by atoms with van der Waals surface area (Å²) in [5.74, 6) is 0. The summed E-state index contributed by atoms with van der Waals surface area (Å²) in [4.78, 5) is 0. The Hall–Kier alpha value is 0.277. The van der Waals surface area contributed by atoms with Crippen LogP contribution in [0.4, 0.5) is 0 Å². The molecule has 0 radical (unpaired) electrons. The SMILES string of the molecule is C=CCCCCCC[Si](Cl)(Cl)CCCCC=C. The van der Waals surface area contributed by atoms with Gasteiger partial charge in [-0.05, 0) is 31.4 Å². The molecule has 100 valence electrons. The summed E-state index contributed by atoms with van der Waals surface area (Å²) >= 11 is 12.8. The van der Waals surface area contributed by atoms with Crippen LogP contribution in [-0.4, -0.2) is 6.69 Å². The smallest absolute Gasteiger partial charge is 0.146 e. The zero-order chi connectivity index (χ0) is 13.0. The van der Waals surface area contributed by atoms with Gasteiger partial charge in [0.05, 0.1) is 0 Å². The van der Waals surface area contributed by atoms with E-state index in [9.17, 15) is 0 Å². The van der Waals surface area contributed by atoms with Crippen molar-refractivity contribution in [2.75, 3.05) is 0 Å². The first-order chi connectivity index (χ1) is 8.12. The van der Waals surface area contributed by atoms with Crippen molar-refractivity contribution in [3.05, 3.63) is 25.3 Å². The summed E-state index contributed by atoms with van der Waals surface area (Å²) in [7, 11) is 0. The summed E-state index contributed by atoms with van der Waals surface area (Å²) in [6.07, 6.45) is 13.5. The number of rotatable bonds is 12. The Balaban J connectivity index is 3.42. The molecule has 0 nitrogen and oxygen atoms in total. The second-order valence-corrected chi connectivity index (χ2v) is 12.3. The van der Waals surface area contributed by atoms with Gasteiger partial charge in [0, 0.05) is 0 Å². The van der Waals surface area contributed by atoms with Gasteiger partial charge in [-0.25, -0.2) is 0 Å². The maximum absolute atomic E-state index is 6.42. The van der Waals surface area contributed by atoms with Gasteiger partial charge >= 0.3 is 0 Å². The van der Waals surface area contributed by atoms with Crippen molar-refractivity contribution in [3.8, 4) is 0 Å². The molecule has 0 aromatic heterocycles. The van der Waals surface area contributed by atoms with E-state index in [1.807, 2.05) is 12.2 Å². The number of unbranched alkanes of at least 4 members (excludes halogenated alkanes) is 6. The largest absolute Gasteiger partial charge is 0.251 e. The van der Waals surface area contributed by atoms with Crippen molar-refractivity contribution >= 4 is 28.9 Å². The molecule has 0 spiro atoms. The fourth-order valence-electron chi connectivity index (χ4n) is 1.82. The molecule has 17 heavy (non-hydrogen) atoms. The summed E-state index contributed by atoms with van der Waals surface area (Å²) < 4.78 is 0. The minimum Gasteiger partial charge on any atom is -0.146 e. The van der Waals surface area contributed by atoms with Crippen LogP contribution in [-0.2, 0) is 0 Å². The van der Waals surface area contributed by atoms with E-state index in [4.69, 9.17) is 22.2 Å². The van der Waals surface area contributed by atoms with Crippen LogP contribution in [0.15, 0.2) is 25.3 Å². The number of hydrogen-bond donors (Lipinski definition) is 0. The van der Waals surface area contributed by atoms with Crippen LogP contribution < -0.4 is 0 Å². The van der Waals surface area contributed by atoms with Crippen LogP contribution in [0.25, 0.3) is 0 Å². The van der Waals surface area contributed by atoms with Gasteiger partial charge < -0.3 is 0 Å². The van der Waals surface area contributed by atoms with Crippen LogP contribution in [0.1, 0.15) is 51.4 Å². The number of allylic oxidation sites excluding steroid dienone is 2. The summed E-state index contributed by atoms with van der Waals surface area (Å²) in [6.45, 7) is 5.51. The first-order valence-corrected chi connectivity index (χ1v) is 11.2. The standard InChI is InChI=1S/C14H26Cl2Si/c1-3-5-7-9-10-12-14-17(15,16)13-11-8-6-4-2/h3-4H,1-2,5-14H2. The van der Waals surface area contributed by atoms with Crippen molar-refractivity contribution in [3.63, 3.8) is 0 Å². The van der Waals surface area contributed by atoms with Gasteiger partial charge in [0.15, 0.2) is 0 Å². The predicted molar refractivity (Wildman–Crippen MR) is 84.4 cm³/mol. The van der Waals surface area contributed by atoms with Gasteiger partial charge in [0.25, 0.3) is 6.69 Å². The maximum atomic E-state index is 6.42. The van der Waals surface area contributed by atoms with E-state index in [2.05, 4.69) is 13.2 Å². The molecule has 0 unspecified atom stereocenters. The third-order valence-corrected chi connectivity index (χ3v) is 7.34. The Morgan fingerprint density at radius 1 is 0.706 bits per heavy atom. The first-order valence-electron chi connectivity index (χ1n) is 6.72. The second kappa shape index (κ2) is 11.4. The molecule has 0 aromatic rings. The van der Waals surface area contributed by atoms with Crippen LogP contribution in [0.3, 0.4) is 0 Å². The van der Waals surface area contributed by atoms with Crippen molar-refractivity contribution in [2.24, 2.45) is 0 Å². The topological polar surface area (TPSA) is 0 Å². The molecule has 0 aliphatic heterocycles. The molecule has 0 N–H and O–H groups in total. The lowest BCUT2D eigenvalue weighted by atomic mass is 10.1. The van der Waals surface area contributed by atoms with Crippen LogP contribution >= 0.6 is 22.2 Å². The second-order valence-electron chi connectivity index (χ2n) is 4.63. The molecule has 0 aromatic carbocycles. The van der Waals surface area contributed by atoms with E-state index in [0.717, 1.165) is 31.4 Å². The fraction of sp³-hybridized carbons (Fsp3) is 0.714. The molecule has 0 aliphatic carbocycles. The molecule has 3 heteroatoms. The molecule has 0 rings (SSSR count). The van der Waals surface area contributed by atoms with Gasteiger partial charge in [-0.15, -0.1) is 35.3 Å². The highest BCUT2D eigenvalue weighted by Crippen LogP contribution is 2.30. The van der Waals surface area contributed by atoms with Crippen LogP contribution in [0, 0.1) is 0 Å². The molecular formula is C14H26Cl2Si. The molecule has 0 fully saturated rings. The van der Waals surface area contributed by atoms with Gasteiger partial charge in [-0.2, -0.15) is 0 Å². The third kappa shape index (κ3) is 12.5. The number of hydrogen-bond acceptors (Lipinski definition) is 0. The van der Waals surface area contributed by atoms with E-state index < -0.39 is 6.69 Å². The average molecular weight is 293 g/mol. The van der Waals surface area contributed by atoms with Crippen molar-refractivity contribution in [1.82, 2.24) is 0 Å². The molecule has 0 saturated heterocycles. The maximum Gasteiger partial charge on any atom is 0.251 e. The highest BCUT2D eigenvalue weighted by Gasteiger charge is 2.26. The lowest BCUT2D eigenvalue weighted by Gasteiger charge is -2.16. The molecular weight excluding hydrogens is 267 g/mol. The minimum atomic E-state index is -1.93. The lowest BCUT2D eigenvalue weighted by molar-refractivity contribution is 0.671. The van der Waals surface area contributed by atoms with E-state index in [-0.39, 0.29) is 0 Å². The van der Waals surface area contributed by atoms with Crippen molar-refractivity contribution < 1.29 is 0 Å². The van der Waals surface area contributed by atoms with Gasteiger partial charge in [0.2, 0.25) is 0 Å². The predicted octanol–water partition coefficient (Wildman–Crippen LogP) is 6.40. The molecule has 0 saturated carbocycles. The molecule has 0 atom stereocenters. The Kier molecular flexibility index (Phi) is 11.6. The third-order valence-electron chi connectivity index (χ3n) is 2.90. The summed E-state index contributed by atoms with van der Waals surface area (Å²) in [5.41, 5.74) is 0. The Morgan fingerprint density at radius 3 is 1.65 bits per heavy atom. The number of halogens is 2. The molecule has 0 bridgehead atoms. The molecule has 0 heterocycles. The monoisotopic (exact) mass is 292 g/mol. The Morgan fingerprint density at radius 2 is 1.12 bits per heavy atom. The zero-order valence-electron chi connectivity index (χ0n) is 10.9. The quantitative estimate of drug-likeness (QED) is 0.169. The van der Waals surface area contributed by atoms with E-state index in [0.29, 0.717) is 0 Å².